The molecule has 0 aromatic carbocycles. The van der Waals surface area contributed by atoms with Crippen molar-refractivity contribution in [1.82, 2.24) is 10.3 Å². The van der Waals surface area contributed by atoms with Crippen LogP contribution in [0.2, 0.25) is 0 Å². The molecule has 2 amide bonds. The molecule has 0 saturated carbocycles. The second-order valence-electron chi connectivity index (χ2n) is 4.74. The first-order valence-corrected chi connectivity index (χ1v) is 6.22. The summed E-state index contributed by atoms with van der Waals surface area (Å²) in [4.78, 5) is 26.0. The number of nitrogens with zero attached hydrogens (tertiary/aromatic N) is 1. The number of amides is 2. The molecule has 0 saturated heterocycles. The lowest BCUT2D eigenvalue weighted by molar-refractivity contribution is -0.00663. The van der Waals surface area contributed by atoms with Crippen LogP contribution in [0.5, 0.6) is 0 Å². The van der Waals surface area contributed by atoms with Crippen LogP contribution in [0.4, 0.5) is 10.5 Å². The molecule has 1 aromatic rings. The van der Waals surface area contributed by atoms with Gasteiger partial charge in [-0.3, -0.25) is 0 Å². The minimum absolute atomic E-state index is 0.0755. The summed E-state index contributed by atoms with van der Waals surface area (Å²) in [5, 5.41) is 13.9. The molecule has 0 bridgehead atoms. The normalized spacial score (nSPS) is 10.9. The minimum atomic E-state index is -1.11. The molecule has 1 rings (SSSR count). The summed E-state index contributed by atoms with van der Waals surface area (Å²) in [6.45, 7) is 6.56. The molecule has 0 aliphatic rings. The van der Waals surface area contributed by atoms with E-state index in [2.05, 4.69) is 15.6 Å². The van der Waals surface area contributed by atoms with Gasteiger partial charge in [0.05, 0.1) is 17.5 Å². The van der Waals surface area contributed by atoms with Crippen molar-refractivity contribution in [2.45, 2.75) is 26.4 Å². The van der Waals surface area contributed by atoms with Gasteiger partial charge in [-0.2, -0.15) is 0 Å². The molecule has 7 heteroatoms. The number of anilines is 1. The Labute approximate surface area is 117 Å². The van der Waals surface area contributed by atoms with E-state index in [1.807, 2.05) is 20.8 Å². The van der Waals surface area contributed by atoms with Crippen LogP contribution in [0.3, 0.4) is 0 Å². The molecule has 0 aliphatic heterocycles. The SMILES string of the molecule is CCOC(C)(C)CNC(=O)Nc1ccc(C(=O)O)nc1. The Morgan fingerprint density at radius 1 is 1.40 bits per heavy atom. The standard InChI is InChI=1S/C13H19N3O4/c1-4-20-13(2,3)8-15-12(19)16-9-5-6-10(11(17)18)14-7-9/h5-7H,4,8H2,1-3H3,(H,17,18)(H2,15,16,19). The van der Waals surface area contributed by atoms with Crippen molar-refractivity contribution in [2.24, 2.45) is 0 Å². The second-order valence-corrected chi connectivity index (χ2v) is 4.74. The van der Waals surface area contributed by atoms with Crippen molar-refractivity contribution in [3.05, 3.63) is 24.0 Å². The monoisotopic (exact) mass is 281 g/mol. The van der Waals surface area contributed by atoms with Crippen LogP contribution >= 0.6 is 0 Å². The molecule has 0 atom stereocenters. The van der Waals surface area contributed by atoms with Gasteiger partial charge in [0.2, 0.25) is 0 Å². The highest BCUT2D eigenvalue weighted by atomic mass is 16.5. The van der Waals surface area contributed by atoms with Crippen LogP contribution in [0, 0.1) is 0 Å². The first kappa shape index (κ1) is 15.9. The largest absolute Gasteiger partial charge is 0.477 e. The zero-order chi connectivity index (χ0) is 15.2. The Bertz CT molecular complexity index is 471. The van der Waals surface area contributed by atoms with Crippen LogP contribution in [-0.4, -0.2) is 40.8 Å². The summed E-state index contributed by atoms with van der Waals surface area (Å²) in [5.41, 5.74) is -0.104. The number of carbonyl (C=O) groups excluding carboxylic acids is 1. The molecule has 0 aliphatic carbocycles. The maximum absolute atomic E-state index is 11.7. The van der Waals surface area contributed by atoms with Gasteiger partial charge in [-0.25, -0.2) is 14.6 Å². The molecule has 0 spiro atoms. The van der Waals surface area contributed by atoms with Crippen LogP contribution in [0.15, 0.2) is 18.3 Å². The van der Waals surface area contributed by atoms with Gasteiger partial charge in [0, 0.05) is 13.2 Å². The van der Waals surface area contributed by atoms with E-state index in [1.54, 1.807) is 0 Å². The average molecular weight is 281 g/mol. The second kappa shape index (κ2) is 6.85. The van der Waals surface area contributed by atoms with E-state index in [0.717, 1.165) is 0 Å². The molecule has 3 N–H and O–H groups in total. The maximum Gasteiger partial charge on any atom is 0.354 e. The van der Waals surface area contributed by atoms with Crippen molar-refractivity contribution in [3.63, 3.8) is 0 Å². The van der Waals surface area contributed by atoms with Gasteiger partial charge >= 0.3 is 12.0 Å². The van der Waals surface area contributed by atoms with Gasteiger partial charge in [-0.05, 0) is 32.9 Å². The third-order valence-corrected chi connectivity index (χ3v) is 2.45. The first-order chi connectivity index (χ1) is 9.34. The van der Waals surface area contributed by atoms with Gasteiger partial charge in [0.1, 0.15) is 5.69 Å². The molecule has 1 aromatic heterocycles. The van der Waals surface area contributed by atoms with E-state index in [0.29, 0.717) is 18.8 Å². The summed E-state index contributed by atoms with van der Waals surface area (Å²) < 4.78 is 5.45. The highest BCUT2D eigenvalue weighted by Crippen LogP contribution is 2.08. The Balaban J connectivity index is 2.48. The number of ether oxygens (including phenoxy) is 1. The Morgan fingerprint density at radius 3 is 2.60 bits per heavy atom. The van der Waals surface area contributed by atoms with Crippen molar-refractivity contribution in [3.8, 4) is 0 Å². The van der Waals surface area contributed by atoms with E-state index >= 15 is 0 Å². The van der Waals surface area contributed by atoms with Crippen molar-refractivity contribution < 1.29 is 19.4 Å². The number of hydrogen-bond acceptors (Lipinski definition) is 4. The zero-order valence-electron chi connectivity index (χ0n) is 11.8. The van der Waals surface area contributed by atoms with Crippen molar-refractivity contribution in [2.75, 3.05) is 18.5 Å². The average Bonchev–Trinajstić information content (AvgIpc) is 2.37. The van der Waals surface area contributed by atoms with Gasteiger partial charge in [-0.1, -0.05) is 0 Å². The van der Waals surface area contributed by atoms with E-state index in [9.17, 15) is 9.59 Å². The fourth-order valence-corrected chi connectivity index (χ4v) is 1.50. The maximum atomic E-state index is 11.7. The summed E-state index contributed by atoms with van der Waals surface area (Å²) in [6.07, 6.45) is 1.29. The minimum Gasteiger partial charge on any atom is -0.477 e. The smallest absolute Gasteiger partial charge is 0.354 e. The Morgan fingerprint density at radius 2 is 2.10 bits per heavy atom. The quantitative estimate of drug-likeness (QED) is 0.737. The van der Waals surface area contributed by atoms with Crippen molar-refractivity contribution in [1.29, 1.82) is 0 Å². The molecular formula is C13H19N3O4. The third-order valence-electron chi connectivity index (χ3n) is 2.45. The number of aromatic nitrogens is 1. The van der Waals surface area contributed by atoms with Gasteiger partial charge in [0.15, 0.2) is 0 Å². The van der Waals surface area contributed by atoms with Crippen LogP contribution in [0.1, 0.15) is 31.3 Å². The zero-order valence-corrected chi connectivity index (χ0v) is 11.8. The van der Waals surface area contributed by atoms with E-state index in [-0.39, 0.29) is 5.69 Å². The number of aromatic carboxylic acids is 1. The number of carbonyl (C=O) groups is 2. The number of pyridine rings is 1. The van der Waals surface area contributed by atoms with Gasteiger partial charge in [-0.15, -0.1) is 0 Å². The summed E-state index contributed by atoms with van der Waals surface area (Å²) in [7, 11) is 0. The van der Waals surface area contributed by atoms with Crippen LogP contribution in [-0.2, 0) is 4.74 Å². The number of carboxylic acids is 1. The molecule has 7 nitrogen and oxygen atoms in total. The Hall–Kier alpha value is -2.15. The summed E-state index contributed by atoms with van der Waals surface area (Å²) in [5.74, 6) is -1.11. The number of hydrogen-bond donors (Lipinski definition) is 3. The topological polar surface area (TPSA) is 101 Å². The van der Waals surface area contributed by atoms with Gasteiger partial charge < -0.3 is 20.5 Å². The van der Waals surface area contributed by atoms with Gasteiger partial charge in [0.25, 0.3) is 0 Å². The third kappa shape index (κ3) is 5.23. The van der Waals surface area contributed by atoms with E-state index in [1.165, 1.54) is 18.3 Å². The van der Waals surface area contributed by atoms with Crippen LogP contribution < -0.4 is 10.6 Å². The Kier molecular flexibility index (Phi) is 5.45. The number of nitrogens with one attached hydrogen (secondary N) is 2. The molecule has 0 fully saturated rings. The lowest BCUT2D eigenvalue weighted by Gasteiger charge is -2.24. The highest BCUT2D eigenvalue weighted by Gasteiger charge is 2.18. The lowest BCUT2D eigenvalue weighted by Crippen LogP contribution is -2.42. The highest BCUT2D eigenvalue weighted by molar-refractivity contribution is 5.90. The lowest BCUT2D eigenvalue weighted by atomic mass is 10.1. The van der Waals surface area contributed by atoms with Crippen LogP contribution in [0.25, 0.3) is 0 Å². The fraction of sp³-hybridized carbons (Fsp3) is 0.462. The van der Waals surface area contributed by atoms with Crippen molar-refractivity contribution >= 4 is 17.7 Å². The fourth-order valence-electron chi connectivity index (χ4n) is 1.50. The molecule has 0 unspecified atom stereocenters. The summed E-state index contributed by atoms with van der Waals surface area (Å²) >= 11 is 0. The van der Waals surface area contributed by atoms with E-state index in [4.69, 9.17) is 9.84 Å². The first-order valence-electron chi connectivity index (χ1n) is 6.22. The number of urea groups is 1. The predicted molar refractivity (Wildman–Crippen MR) is 73.9 cm³/mol. The molecule has 0 radical (unpaired) electrons. The molecule has 20 heavy (non-hydrogen) atoms. The van der Waals surface area contributed by atoms with E-state index < -0.39 is 17.6 Å². The molecule has 110 valence electrons. The summed E-state index contributed by atoms with van der Waals surface area (Å²) in [6, 6.07) is 2.40. The molecule has 1 heterocycles. The predicted octanol–water partition coefficient (Wildman–Crippen LogP) is 1.72. The molecular weight excluding hydrogens is 262 g/mol. The number of carboxylic acid groups (broad SMARTS) is 1. The number of rotatable bonds is 6.